The first kappa shape index (κ1) is 14.9. The van der Waals surface area contributed by atoms with E-state index in [0.717, 1.165) is 6.07 Å². The van der Waals surface area contributed by atoms with Crippen molar-refractivity contribution in [2.24, 2.45) is 0 Å². The standard InChI is InChI=1S/C13H13N3O4S/c1-8-3-10(13(17)18)4-12(9(8)2)21(19,20)16-11-5-14-7-15-6-11/h3-7,16H,1-2H3,(H,17,18). The van der Waals surface area contributed by atoms with E-state index in [0.29, 0.717) is 11.1 Å². The summed E-state index contributed by atoms with van der Waals surface area (Å²) in [5, 5.41) is 9.04. The lowest BCUT2D eigenvalue weighted by Gasteiger charge is -2.12. The highest BCUT2D eigenvalue weighted by atomic mass is 32.2. The van der Waals surface area contributed by atoms with E-state index in [4.69, 9.17) is 5.11 Å². The molecule has 1 heterocycles. The third kappa shape index (κ3) is 3.16. The summed E-state index contributed by atoms with van der Waals surface area (Å²) >= 11 is 0. The van der Waals surface area contributed by atoms with Crippen LogP contribution in [0.25, 0.3) is 0 Å². The molecule has 21 heavy (non-hydrogen) atoms. The van der Waals surface area contributed by atoms with Gasteiger partial charge >= 0.3 is 5.97 Å². The van der Waals surface area contributed by atoms with Gasteiger partial charge in [-0.1, -0.05) is 0 Å². The Balaban J connectivity index is 2.52. The van der Waals surface area contributed by atoms with Gasteiger partial charge in [0.1, 0.15) is 6.33 Å². The summed E-state index contributed by atoms with van der Waals surface area (Å²) in [5.74, 6) is -1.18. The van der Waals surface area contributed by atoms with Crippen LogP contribution in [0.1, 0.15) is 21.5 Å². The third-order valence-electron chi connectivity index (χ3n) is 2.97. The van der Waals surface area contributed by atoms with Gasteiger partial charge in [-0.05, 0) is 37.1 Å². The lowest BCUT2D eigenvalue weighted by Crippen LogP contribution is -2.16. The zero-order valence-electron chi connectivity index (χ0n) is 11.4. The molecular weight excluding hydrogens is 294 g/mol. The number of aromatic carboxylic acids is 1. The number of aryl methyl sites for hydroxylation is 1. The molecule has 1 aromatic carbocycles. The molecule has 0 saturated heterocycles. The fourth-order valence-corrected chi connectivity index (χ4v) is 3.16. The van der Waals surface area contributed by atoms with E-state index < -0.39 is 16.0 Å². The molecule has 1 aromatic heterocycles. The Hall–Kier alpha value is -2.48. The van der Waals surface area contributed by atoms with Gasteiger partial charge < -0.3 is 5.11 Å². The Bertz CT molecular complexity index is 789. The fourth-order valence-electron chi connectivity index (χ4n) is 1.79. The highest BCUT2D eigenvalue weighted by molar-refractivity contribution is 7.92. The Morgan fingerprint density at radius 1 is 1.19 bits per heavy atom. The van der Waals surface area contributed by atoms with Gasteiger partial charge in [0, 0.05) is 0 Å². The van der Waals surface area contributed by atoms with Crippen LogP contribution in [0.4, 0.5) is 5.69 Å². The van der Waals surface area contributed by atoms with E-state index in [9.17, 15) is 13.2 Å². The van der Waals surface area contributed by atoms with Crippen LogP contribution in [0.3, 0.4) is 0 Å². The van der Waals surface area contributed by atoms with Gasteiger partial charge in [-0.3, -0.25) is 4.72 Å². The number of nitrogens with one attached hydrogen (secondary N) is 1. The summed E-state index contributed by atoms with van der Waals surface area (Å²) in [4.78, 5) is 18.4. The number of hydrogen-bond acceptors (Lipinski definition) is 5. The molecule has 8 heteroatoms. The van der Waals surface area contributed by atoms with Crippen molar-refractivity contribution in [1.82, 2.24) is 9.97 Å². The van der Waals surface area contributed by atoms with Crippen molar-refractivity contribution in [2.75, 3.05) is 4.72 Å². The van der Waals surface area contributed by atoms with Crippen LogP contribution in [0.5, 0.6) is 0 Å². The van der Waals surface area contributed by atoms with Gasteiger partial charge in [0.2, 0.25) is 0 Å². The molecule has 0 amide bonds. The Labute approximate surface area is 121 Å². The van der Waals surface area contributed by atoms with E-state index in [2.05, 4.69) is 14.7 Å². The van der Waals surface area contributed by atoms with Crippen LogP contribution >= 0.6 is 0 Å². The van der Waals surface area contributed by atoms with E-state index >= 15 is 0 Å². The highest BCUT2D eigenvalue weighted by Gasteiger charge is 2.21. The quantitative estimate of drug-likeness (QED) is 0.887. The minimum atomic E-state index is -3.92. The average Bonchev–Trinajstić information content (AvgIpc) is 2.41. The van der Waals surface area contributed by atoms with Crippen LogP contribution in [0.15, 0.2) is 35.7 Å². The van der Waals surface area contributed by atoms with Crippen LogP contribution in [0.2, 0.25) is 0 Å². The fraction of sp³-hybridized carbons (Fsp3) is 0.154. The molecule has 2 aromatic rings. The number of nitrogens with zero attached hydrogens (tertiary/aromatic N) is 2. The molecule has 0 aliphatic heterocycles. The minimum Gasteiger partial charge on any atom is -0.478 e. The number of sulfonamides is 1. The number of benzene rings is 1. The molecule has 0 aliphatic rings. The molecule has 0 atom stereocenters. The normalized spacial score (nSPS) is 11.1. The topological polar surface area (TPSA) is 109 Å². The molecule has 0 aliphatic carbocycles. The van der Waals surface area contributed by atoms with Gasteiger partial charge in [-0.15, -0.1) is 0 Å². The zero-order chi connectivity index (χ0) is 15.6. The number of carbonyl (C=O) groups is 1. The van der Waals surface area contributed by atoms with Crippen molar-refractivity contribution >= 4 is 21.7 Å². The molecule has 0 radical (unpaired) electrons. The van der Waals surface area contributed by atoms with E-state index in [-0.39, 0.29) is 16.1 Å². The number of rotatable bonds is 4. The number of carboxylic acid groups (broad SMARTS) is 1. The summed E-state index contributed by atoms with van der Waals surface area (Å²) in [5.41, 5.74) is 1.20. The lowest BCUT2D eigenvalue weighted by molar-refractivity contribution is 0.0696. The molecule has 2 N–H and O–H groups in total. The average molecular weight is 307 g/mol. The van der Waals surface area contributed by atoms with Gasteiger partial charge in [0.05, 0.1) is 28.5 Å². The first-order valence-electron chi connectivity index (χ1n) is 5.93. The second-order valence-electron chi connectivity index (χ2n) is 4.45. The van der Waals surface area contributed by atoms with Gasteiger partial charge in [-0.25, -0.2) is 23.2 Å². The smallest absolute Gasteiger partial charge is 0.335 e. The Morgan fingerprint density at radius 3 is 2.38 bits per heavy atom. The molecule has 0 bridgehead atoms. The Morgan fingerprint density at radius 2 is 1.81 bits per heavy atom. The Kier molecular flexibility index (Phi) is 3.90. The number of carboxylic acids is 1. The summed E-state index contributed by atoms with van der Waals surface area (Å²) < 4.78 is 27.1. The zero-order valence-corrected chi connectivity index (χ0v) is 12.2. The molecule has 0 spiro atoms. The van der Waals surface area contributed by atoms with Gasteiger partial charge in [0.25, 0.3) is 10.0 Å². The van der Waals surface area contributed by atoms with Crippen molar-refractivity contribution in [3.8, 4) is 0 Å². The predicted octanol–water partition coefficient (Wildman–Crippen LogP) is 1.59. The van der Waals surface area contributed by atoms with Crippen molar-refractivity contribution in [1.29, 1.82) is 0 Å². The van der Waals surface area contributed by atoms with Crippen molar-refractivity contribution in [3.05, 3.63) is 47.5 Å². The van der Waals surface area contributed by atoms with Crippen molar-refractivity contribution in [3.63, 3.8) is 0 Å². The van der Waals surface area contributed by atoms with Crippen LogP contribution in [0, 0.1) is 13.8 Å². The number of aromatic nitrogens is 2. The van der Waals surface area contributed by atoms with E-state index in [1.54, 1.807) is 13.8 Å². The van der Waals surface area contributed by atoms with Gasteiger partial charge in [0.15, 0.2) is 0 Å². The maximum Gasteiger partial charge on any atom is 0.335 e. The molecule has 0 fully saturated rings. The van der Waals surface area contributed by atoms with Crippen LogP contribution < -0.4 is 4.72 Å². The van der Waals surface area contributed by atoms with Gasteiger partial charge in [-0.2, -0.15) is 0 Å². The molecular formula is C13H13N3O4S. The maximum atomic E-state index is 12.4. The summed E-state index contributed by atoms with van der Waals surface area (Å²) in [6.45, 7) is 3.28. The monoisotopic (exact) mass is 307 g/mol. The first-order valence-corrected chi connectivity index (χ1v) is 7.42. The second kappa shape index (κ2) is 5.49. The largest absolute Gasteiger partial charge is 0.478 e. The molecule has 0 saturated carbocycles. The lowest BCUT2D eigenvalue weighted by atomic mass is 10.1. The molecule has 0 unspecified atom stereocenters. The van der Waals surface area contributed by atoms with E-state index in [1.165, 1.54) is 24.8 Å². The summed E-state index contributed by atoms with van der Waals surface area (Å²) in [6, 6.07) is 2.57. The first-order chi connectivity index (χ1) is 9.81. The number of anilines is 1. The van der Waals surface area contributed by atoms with Crippen LogP contribution in [-0.4, -0.2) is 29.5 Å². The second-order valence-corrected chi connectivity index (χ2v) is 6.10. The highest BCUT2D eigenvalue weighted by Crippen LogP contribution is 2.23. The summed E-state index contributed by atoms with van der Waals surface area (Å²) in [6.07, 6.45) is 3.90. The number of hydrogen-bond donors (Lipinski definition) is 2. The minimum absolute atomic E-state index is 0.0799. The molecule has 110 valence electrons. The molecule has 2 rings (SSSR count). The summed E-state index contributed by atoms with van der Waals surface area (Å²) in [7, 11) is -3.92. The van der Waals surface area contributed by atoms with E-state index in [1.807, 2.05) is 0 Å². The van der Waals surface area contributed by atoms with Crippen LogP contribution in [-0.2, 0) is 10.0 Å². The third-order valence-corrected chi connectivity index (χ3v) is 4.48. The van der Waals surface area contributed by atoms with Crippen molar-refractivity contribution in [2.45, 2.75) is 18.7 Å². The van der Waals surface area contributed by atoms with Crippen molar-refractivity contribution < 1.29 is 18.3 Å². The molecule has 7 nitrogen and oxygen atoms in total. The predicted molar refractivity (Wildman–Crippen MR) is 75.7 cm³/mol. The maximum absolute atomic E-state index is 12.4. The SMILES string of the molecule is Cc1cc(C(=O)O)cc(S(=O)(=O)Nc2cncnc2)c1C.